The molecule has 17 heavy (non-hydrogen) atoms. The Balaban J connectivity index is 3.07. The molecule has 0 aliphatic rings. The lowest BCUT2D eigenvalue weighted by Crippen LogP contribution is -2.15. The fourth-order valence-electron chi connectivity index (χ4n) is 1.20. The molecule has 0 spiro atoms. The highest BCUT2D eigenvalue weighted by Crippen LogP contribution is 2.31. The van der Waals surface area contributed by atoms with Crippen LogP contribution in [0.2, 0.25) is 5.02 Å². The molecule has 5 heteroatoms. The topological polar surface area (TPSA) is 58.6 Å². The predicted octanol–water partition coefficient (Wildman–Crippen LogP) is 3.57. The molecule has 1 atom stereocenters. The number of nitrogens with zero attached hydrogens (tertiary/aromatic N) is 1. The summed E-state index contributed by atoms with van der Waals surface area (Å²) in [6.07, 6.45) is 0. The maximum Gasteiger partial charge on any atom is 0.171 e. The molecular weight excluding hydrogens is 256 g/mol. The van der Waals surface area contributed by atoms with Crippen molar-refractivity contribution >= 4 is 29.2 Å². The van der Waals surface area contributed by atoms with Crippen LogP contribution in [0.3, 0.4) is 0 Å². The maximum absolute atomic E-state index is 8.76. The molecule has 0 bridgehead atoms. The number of oxime groups is 1. The summed E-state index contributed by atoms with van der Waals surface area (Å²) in [6, 6.07) is 5.43. The summed E-state index contributed by atoms with van der Waals surface area (Å²) < 4.78 is 0. The first-order valence-corrected chi connectivity index (χ1v) is 6.65. The number of hydrogen-bond acceptors (Lipinski definition) is 3. The van der Waals surface area contributed by atoms with Crippen molar-refractivity contribution in [2.75, 3.05) is 0 Å². The SMILES string of the molecule is CC(C)C(C)Sc1ccc(Cl)cc1/C(N)=N/O. The van der Waals surface area contributed by atoms with Gasteiger partial charge in [0.2, 0.25) is 0 Å². The first kappa shape index (κ1) is 14.2. The highest BCUT2D eigenvalue weighted by Gasteiger charge is 2.14. The molecule has 0 aromatic heterocycles. The Morgan fingerprint density at radius 1 is 1.41 bits per heavy atom. The van der Waals surface area contributed by atoms with Crippen LogP contribution in [0.4, 0.5) is 0 Å². The van der Waals surface area contributed by atoms with Crippen LogP contribution in [0.5, 0.6) is 0 Å². The third-order valence-corrected chi connectivity index (χ3v) is 4.34. The monoisotopic (exact) mass is 272 g/mol. The third kappa shape index (κ3) is 3.82. The Hall–Kier alpha value is -0.870. The molecule has 0 aliphatic carbocycles. The normalized spacial score (nSPS) is 14.1. The molecule has 0 saturated heterocycles. The van der Waals surface area contributed by atoms with Crippen molar-refractivity contribution < 1.29 is 5.21 Å². The van der Waals surface area contributed by atoms with Gasteiger partial charge in [-0.2, -0.15) is 0 Å². The zero-order valence-corrected chi connectivity index (χ0v) is 11.7. The van der Waals surface area contributed by atoms with Crippen LogP contribution in [0.25, 0.3) is 0 Å². The van der Waals surface area contributed by atoms with Crippen molar-refractivity contribution in [3.8, 4) is 0 Å². The molecule has 0 fully saturated rings. The number of benzene rings is 1. The minimum atomic E-state index is 0.0888. The zero-order valence-electron chi connectivity index (χ0n) is 10.1. The van der Waals surface area contributed by atoms with Crippen molar-refractivity contribution in [3.63, 3.8) is 0 Å². The summed E-state index contributed by atoms with van der Waals surface area (Å²) in [5, 5.41) is 12.8. The molecule has 1 unspecified atom stereocenters. The molecule has 1 aromatic carbocycles. The highest BCUT2D eigenvalue weighted by molar-refractivity contribution is 8.00. The molecule has 0 radical (unpaired) electrons. The van der Waals surface area contributed by atoms with Gasteiger partial charge in [-0.3, -0.25) is 0 Å². The summed E-state index contributed by atoms with van der Waals surface area (Å²) >= 11 is 7.62. The van der Waals surface area contributed by atoms with Gasteiger partial charge < -0.3 is 10.9 Å². The van der Waals surface area contributed by atoms with Gasteiger partial charge in [-0.1, -0.05) is 37.5 Å². The molecule has 3 N–H and O–H groups in total. The fourth-order valence-corrected chi connectivity index (χ4v) is 2.48. The lowest BCUT2D eigenvalue weighted by atomic mass is 10.2. The van der Waals surface area contributed by atoms with Gasteiger partial charge >= 0.3 is 0 Å². The van der Waals surface area contributed by atoms with E-state index in [1.54, 1.807) is 17.8 Å². The Labute approximate surface area is 111 Å². The summed E-state index contributed by atoms with van der Waals surface area (Å²) in [7, 11) is 0. The van der Waals surface area contributed by atoms with Crippen molar-refractivity contribution in [2.45, 2.75) is 30.9 Å². The standard InChI is InChI=1S/C12H17ClN2OS/c1-7(2)8(3)17-11-5-4-9(13)6-10(11)12(14)15-16/h4-8,16H,1-3H3,(H2,14,15). The predicted molar refractivity (Wildman–Crippen MR) is 74.1 cm³/mol. The summed E-state index contributed by atoms with van der Waals surface area (Å²) in [6.45, 7) is 6.48. The molecule has 0 heterocycles. The van der Waals surface area contributed by atoms with Crippen molar-refractivity contribution in [1.29, 1.82) is 0 Å². The number of amidine groups is 1. The highest BCUT2D eigenvalue weighted by atomic mass is 35.5. The largest absolute Gasteiger partial charge is 0.409 e. The van der Waals surface area contributed by atoms with Gasteiger partial charge in [0.05, 0.1) is 0 Å². The van der Waals surface area contributed by atoms with Gasteiger partial charge in [-0.15, -0.1) is 11.8 Å². The van der Waals surface area contributed by atoms with Crippen LogP contribution >= 0.6 is 23.4 Å². The lowest BCUT2D eigenvalue weighted by Gasteiger charge is -2.17. The second kappa shape index (κ2) is 6.17. The van der Waals surface area contributed by atoms with E-state index in [1.807, 2.05) is 12.1 Å². The molecule has 1 aromatic rings. The van der Waals surface area contributed by atoms with Gasteiger partial charge in [-0.05, 0) is 24.1 Å². The second-order valence-corrected chi connectivity index (χ2v) is 6.05. The number of hydrogen-bond donors (Lipinski definition) is 2. The molecule has 0 saturated carbocycles. The molecule has 0 amide bonds. The van der Waals surface area contributed by atoms with Crippen LogP contribution in [-0.2, 0) is 0 Å². The average molecular weight is 273 g/mol. The Morgan fingerprint density at radius 2 is 2.06 bits per heavy atom. The second-order valence-electron chi connectivity index (χ2n) is 4.19. The Kier molecular flexibility index (Phi) is 5.15. The maximum atomic E-state index is 8.76. The first-order valence-electron chi connectivity index (χ1n) is 5.39. The van der Waals surface area contributed by atoms with E-state index < -0.39 is 0 Å². The van der Waals surface area contributed by atoms with Gasteiger partial charge in [0.1, 0.15) is 0 Å². The molecule has 3 nitrogen and oxygen atoms in total. The van der Waals surface area contributed by atoms with Gasteiger partial charge in [-0.25, -0.2) is 0 Å². The van der Waals surface area contributed by atoms with Crippen molar-refractivity contribution in [3.05, 3.63) is 28.8 Å². The van der Waals surface area contributed by atoms with Crippen molar-refractivity contribution in [1.82, 2.24) is 0 Å². The molecular formula is C12H17ClN2OS. The average Bonchev–Trinajstić information content (AvgIpc) is 2.30. The van der Waals surface area contributed by atoms with E-state index >= 15 is 0 Å². The van der Waals surface area contributed by atoms with E-state index in [0.29, 0.717) is 21.8 Å². The minimum absolute atomic E-state index is 0.0888. The zero-order chi connectivity index (χ0) is 13.0. The summed E-state index contributed by atoms with van der Waals surface area (Å²) in [5.41, 5.74) is 6.32. The van der Waals surface area contributed by atoms with Gasteiger partial charge in [0.25, 0.3) is 0 Å². The third-order valence-electron chi connectivity index (χ3n) is 2.58. The van der Waals surface area contributed by atoms with Crippen LogP contribution in [0, 0.1) is 5.92 Å². The molecule has 94 valence electrons. The van der Waals surface area contributed by atoms with Crippen LogP contribution in [0.15, 0.2) is 28.3 Å². The van der Waals surface area contributed by atoms with E-state index in [2.05, 4.69) is 25.9 Å². The first-order chi connectivity index (χ1) is 7.95. The van der Waals surface area contributed by atoms with Crippen LogP contribution in [-0.4, -0.2) is 16.3 Å². The van der Waals surface area contributed by atoms with E-state index in [1.165, 1.54) is 0 Å². The van der Waals surface area contributed by atoms with Crippen LogP contribution < -0.4 is 5.73 Å². The number of thioether (sulfide) groups is 1. The molecule has 0 aliphatic heterocycles. The van der Waals surface area contributed by atoms with E-state index in [9.17, 15) is 0 Å². The Morgan fingerprint density at radius 3 is 2.59 bits per heavy atom. The van der Waals surface area contributed by atoms with Gasteiger partial charge in [0, 0.05) is 20.7 Å². The van der Waals surface area contributed by atoms with E-state index in [4.69, 9.17) is 22.5 Å². The quantitative estimate of drug-likeness (QED) is 0.290. The van der Waals surface area contributed by atoms with E-state index in [-0.39, 0.29) is 5.84 Å². The summed E-state index contributed by atoms with van der Waals surface area (Å²) in [5.74, 6) is 0.641. The number of rotatable bonds is 4. The number of nitrogens with two attached hydrogens (primary N) is 1. The smallest absolute Gasteiger partial charge is 0.171 e. The minimum Gasteiger partial charge on any atom is -0.409 e. The van der Waals surface area contributed by atoms with Gasteiger partial charge in [0.15, 0.2) is 5.84 Å². The van der Waals surface area contributed by atoms with Crippen molar-refractivity contribution in [2.24, 2.45) is 16.8 Å². The lowest BCUT2D eigenvalue weighted by molar-refractivity contribution is 0.318. The summed E-state index contributed by atoms with van der Waals surface area (Å²) in [4.78, 5) is 0.978. The van der Waals surface area contributed by atoms with E-state index in [0.717, 1.165) is 4.90 Å². The number of halogens is 1. The fraction of sp³-hybridized carbons (Fsp3) is 0.417. The van der Waals surface area contributed by atoms with Crippen LogP contribution in [0.1, 0.15) is 26.3 Å². The Bertz CT molecular complexity index is 421. The molecule has 1 rings (SSSR count).